The maximum Gasteiger partial charge on any atom is 0.313 e. The second-order valence-electron chi connectivity index (χ2n) is 7.24. The molecule has 0 aliphatic carbocycles. The molecule has 0 atom stereocenters. The van der Waals surface area contributed by atoms with Gasteiger partial charge in [0, 0.05) is 18.2 Å². The topological polar surface area (TPSA) is 110 Å². The van der Waals surface area contributed by atoms with Crippen molar-refractivity contribution in [1.82, 2.24) is 4.90 Å². The number of imide groups is 1. The van der Waals surface area contributed by atoms with Crippen LogP contribution in [0, 0.1) is 23.3 Å². The Kier molecular flexibility index (Phi) is 13.7. The Labute approximate surface area is 210 Å². The third-order valence-corrected chi connectivity index (χ3v) is 4.59. The fourth-order valence-electron chi connectivity index (χ4n) is 2.75. The lowest BCUT2D eigenvalue weighted by Crippen LogP contribution is -2.33. The number of halogens is 4. The molecule has 1 heterocycles. The summed E-state index contributed by atoms with van der Waals surface area (Å²) < 4.78 is 83.7. The fraction of sp³-hybridized carbons (Fsp3) is 0.522. The van der Waals surface area contributed by atoms with E-state index in [1.54, 1.807) is 0 Å². The summed E-state index contributed by atoms with van der Waals surface area (Å²) in [5, 5.41) is 0. The second kappa shape index (κ2) is 16.8. The molecule has 1 aliphatic rings. The van der Waals surface area contributed by atoms with Crippen LogP contribution in [0.4, 0.5) is 17.6 Å². The first-order valence-electron chi connectivity index (χ1n) is 11.3. The number of carbonyl (C=O) groups is 3. The molecule has 0 aromatic heterocycles. The van der Waals surface area contributed by atoms with Gasteiger partial charge < -0.3 is 28.4 Å². The van der Waals surface area contributed by atoms with Crippen molar-refractivity contribution in [1.29, 1.82) is 0 Å². The molecule has 37 heavy (non-hydrogen) atoms. The van der Waals surface area contributed by atoms with Crippen LogP contribution in [0.3, 0.4) is 0 Å². The third kappa shape index (κ3) is 10.9. The molecule has 0 saturated heterocycles. The van der Waals surface area contributed by atoms with Crippen LogP contribution in [-0.4, -0.2) is 95.3 Å². The predicted molar refractivity (Wildman–Crippen MR) is 116 cm³/mol. The van der Waals surface area contributed by atoms with E-state index < -0.39 is 41.4 Å². The molecule has 1 aliphatic heterocycles. The number of nitrogens with zero attached hydrogens (tertiary/aromatic N) is 1. The van der Waals surface area contributed by atoms with Crippen LogP contribution in [0.1, 0.15) is 6.42 Å². The number of benzene rings is 1. The van der Waals surface area contributed by atoms with E-state index in [0.717, 1.165) is 4.90 Å². The monoisotopic (exact) mass is 537 g/mol. The SMILES string of the molecule is O=C(CCOCCOCCOCCOCCOCCN1C(=O)C=CC1=O)Oc1c(F)c(F)cc(F)c1F. The van der Waals surface area contributed by atoms with Crippen LogP contribution >= 0.6 is 0 Å². The minimum Gasteiger partial charge on any atom is -0.420 e. The lowest BCUT2D eigenvalue weighted by Gasteiger charge is -2.13. The van der Waals surface area contributed by atoms with E-state index in [-0.39, 0.29) is 57.5 Å². The Hall–Kier alpha value is -2.91. The van der Waals surface area contributed by atoms with E-state index >= 15 is 0 Å². The van der Waals surface area contributed by atoms with Gasteiger partial charge in [-0.05, 0) is 0 Å². The largest absolute Gasteiger partial charge is 0.420 e. The van der Waals surface area contributed by atoms with Crippen LogP contribution in [0.2, 0.25) is 0 Å². The average Bonchev–Trinajstić information content (AvgIpc) is 3.19. The van der Waals surface area contributed by atoms with E-state index in [2.05, 4.69) is 4.74 Å². The Morgan fingerprint density at radius 1 is 0.649 bits per heavy atom. The fourth-order valence-corrected chi connectivity index (χ4v) is 2.75. The molecule has 0 spiro atoms. The number of hydrogen-bond donors (Lipinski definition) is 0. The molecule has 0 bridgehead atoms. The summed E-state index contributed by atoms with van der Waals surface area (Å²) >= 11 is 0. The van der Waals surface area contributed by atoms with Gasteiger partial charge in [0.25, 0.3) is 11.8 Å². The van der Waals surface area contributed by atoms with Crippen molar-refractivity contribution < 1.29 is 60.4 Å². The molecule has 1 aromatic rings. The molecule has 206 valence electrons. The van der Waals surface area contributed by atoms with Gasteiger partial charge in [0.2, 0.25) is 17.4 Å². The number of esters is 1. The van der Waals surface area contributed by atoms with Gasteiger partial charge in [-0.2, -0.15) is 8.78 Å². The Morgan fingerprint density at radius 2 is 1.05 bits per heavy atom. The van der Waals surface area contributed by atoms with Crippen molar-refractivity contribution in [2.24, 2.45) is 0 Å². The molecule has 0 radical (unpaired) electrons. The first kappa shape index (κ1) is 30.3. The van der Waals surface area contributed by atoms with Crippen molar-refractivity contribution >= 4 is 17.8 Å². The van der Waals surface area contributed by atoms with E-state index in [0.29, 0.717) is 33.0 Å². The average molecular weight is 537 g/mol. The van der Waals surface area contributed by atoms with Crippen molar-refractivity contribution in [3.8, 4) is 5.75 Å². The smallest absolute Gasteiger partial charge is 0.313 e. The number of ether oxygens (including phenoxy) is 6. The van der Waals surface area contributed by atoms with Gasteiger partial charge in [0.15, 0.2) is 11.6 Å². The zero-order valence-electron chi connectivity index (χ0n) is 19.9. The highest BCUT2D eigenvalue weighted by Gasteiger charge is 2.23. The van der Waals surface area contributed by atoms with E-state index in [9.17, 15) is 31.9 Å². The molecule has 0 unspecified atom stereocenters. The van der Waals surface area contributed by atoms with Crippen molar-refractivity contribution in [3.63, 3.8) is 0 Å². The minimum atomic E-state index is -1.80. The Bertz CT molecular complexity index is 901. The van der Waals surface area contributed by atoms with Crippen LogP contribution in [0.25, 0.3) is 0 Å². The van der Waals surface area contributed by atoms with Crippen LogP contribution in [0.15, 0.2) is 18.2 Å². The van der Waals surface area contributed by atoms with Crippen LogP contribution in [-0.2, 0) is 38.1 Å². The third-order valence-electron chi connectivity index (χ3n) is 4.59. The summed E-state index contributed by atoms with van der Waals surface area (Å²) in [6, 6.07) is 0.00906. The molecule has 14 heteroatoms. The van der Waals surface area contributed by atoms with Gasteiger partial charge in [-0.3, -0.25) is 19.3 Å². The Balaban J connectivity index is 1.34. The highest BCUT2D eigenvalue weighted by molar-refractivity contribution is 6.12. The molecule has 0 fully saturated rings. The standard InChI is InChI=1S/C23H27F4NO9/c24-16-15-17(25)22(27)23(21(16)26)37-20(31)3-5-32-7-9-34-11-13-36-14-12-35-10-8-33-6-4-28-18(29)1-2-19(28)30/h1-2,15H,3-14H2. The molecular formula is C23H27F4NO9. The van der Waals surface area contributed by atoms with Crippen LogP contribution < -0.4 is 4.74 Å². The second-order valence-corrected chi connectivity index (χ2v) is 7.24. The minimum absolute atomic E-state index is 0.00906. The summed E-state index contributed by atoms with van der Waals surface area (Å²) in [5.41, 5.74) is 0. The number of hydrogen-bond acceptors (Lipinski definition) is 9. The van der Waals surface area contributed by atoms with Crippen LogP contribution in [0.5, 0.6) is 5.75 Å². The van der Waals surface area contributed by atoms with E-state index in [1.165, 1.54) is 12.2 Å². The summed E-state index contributed by atoms with van der Waals surface area (Å²) in [6.07, 6.45) is 2.03. The molecule has 2 amide bonds. The summed E-state index contributed by atoms with van der Waals surface area (Å²) in [7, 11) is 0. The quantitative estimate of drug-likeness (QED) is 0.0648. The first-order chi connectivity index (χ1) is 17.8. The summed E-state index contributed by atoms with van der Waals surface area (Å²) in [4.78, 5) is 35.4. The maximum atomic E-state index is 13.5. The van der Waals surface area contributed by atoms with Gasteiger partial charge in [0.1, 0.15) is 0 Å². The number of carbonyl (C=O) groups excluding carboxylic acids is 3. The first-order valence-corrected chi connectivity index (χ1v) is 11.3. The van der Waals surface area contributed by atoms with Gasteiger partial charge in [-0.25, -0.2) is 8.78 Å². The zero-order valence-corrected chi connectivity index (χ0v) is 19.9. The van der Waals surface area contributed by atoms with Crippen molar-refractivity contribution in [2.75, 3.05) is 72.6 Å². The lowest BCUT2D eigenvalue weighted by molar-refractivity contribution is -0.138. The predicted octanol–water partition coefficient (Wildman–Crippen LogP) is 1.55. The van der Waals surface area contributed by atoms with Gasteiger partial charge in [-0.15, -0.1) is 0 Å². The summed E-state index contributed by atoms with van der Waals surface area (Å²) in [5.74, 6) is -10.2. The highest BCUT2D eigenvalue weighted by Crippen LogP contribution is 2.26. The van der Waals surface area contributed by atoms with Crippen molar-refractivity contribution in [2.45, 2.75) is 6.42 Å². The maximum absolute atomic E-state index is 13.5. The highest BCUT2D eigenvalue weighted by atomic mass is 19.2. The molecule has 1 aromatic carbocycles. The zero-order chi connectivity index (χ0) is 27.0. The number of amides is 2. The van der Waals surface area contributed by atoms with Gasteiger partial charge >= 0.3 is 5.97 Å². The number of rotatable bonds is 19. The van der Waals surface area contributed by atoms with Gasteiger partial charge in [-0.1, -0.05) is 0 Å². The summed E-state index contributed by atoms with van der Waals surface area (Å²) in [6.45, 7) is 2.45. The molecular weight excluding hydrogens is 510 g/mol. The lowest BCUT2D eigenvalue weighted by atomic mass is 10.3. The molecule has 0 saturated carbocycles. The molecule has 0 N–H and O–H groups in total. The normalized spacial score (nSPS) is 13.1. The Morgan fingerprint density at radius 3 is 1.51 bits per heavy atom. The van der Waals surface area contributed by atoms with Gasteiger partial charge in [0.05, 0.1) is 79.0 Å². The van der Waals surface area contributed by atoms with Crippen molar-refractivity contribution in [3.05, 3.63) is 41.5 Å². The van der Waals surface area contributed by atoms with E-state index in [1.807, 2.05) is 0 Å². The molecule has 10 nitrogen and oxygen atoms in total. The molecule has 2 rings (SSSR count). The van der Waals surface area contributed by atoms with E-state index in [4.69, 9.17) is 23.7 Å².